The lowest BCUT2D eigenvalue weighted by molar-refractivity contribution is 0.0708. The number of amides is 2. The summed E-state index contributed by atoms with van der Waals surface area (Å²) in [5.41, 5.74) is 0. The van der Waals surface area contributed by atoms with Gasteiger partial charge in [0, 0.05) is 31.9 Å². The van der Waals surface area contributed by atoms with E-state index < -0.39 is 0 Å². The maximum atomic E-state index is 12.4. The second kappa shape index (κ2) is 12.4. The van der Waals surface area contributed by atoms with Crippen LogP contribution in [0.2, 0.25) is 0 Å². The molecule has 1 saturated heterocycles. The molecule has 146 valence electrons. The number of unbranched alkanes of at least 4 members (excludes halogenated alkanes) is 5. The van der Waals surface area contributed by atoms with E-state index in [1.54, 1.807) is 19.0 Å². The summed E-state index contributed by atoms with van der Waals surface area (Å²) in [4.78, 5) is 27.2. The van der Waals surface area contributed by atoms with Crippen LogP contribution < -0.4 is 0 Å². The first kappa shape index (κ1) is 22.1. The number of likely N-dealkylation sites (tertiary alicyclic amines) is 1. The van der Waals surface area contributed by atoms with Gasteiger partial charge in [-0.2, -0.15) is 0 Å². The summed E-state index contributed by atoms with van der Waals surface area (Å²) in [5.74, 6) is 0. The molecule has 2 amide bonds. The number of rotatable bonds is 10. The van der Waals surface area contributed by atoms with Gasteiger partial charge in [-0.05, 0) is 12.8 Å². The average Bonchev–Trinajstić information content (AvgIpc) is 2.96. The van der Waals surface area contributed by atoms with Crippen LogP contribution in [0.3, 0.4) is 0 Å². The Morgan fingerprint density at radius 3 is 2.48 bits per heavy atom. The molecule has 0 aromatic heterocycles. The Kier molecular flexibility index (Phi) is 10.9. The molecule has 1 fully saturated rings. The van der Waals surface area contributed by atoms with Crippen molar-refractivity contribution in [2.24, 2.45) is 0 Å². The van der Waals surface area contributed by atoms with Crippen molar-refractivity contribution in [1.29, 1.82) is 0 Å². The van der Waals surface area contributed by atoms with Crippen molar-refractivity contribution in [3.8, 4) is 0 Å². The van der Waals surface area contributed by atoms with Crippen LogP contribution in [0.1, 0.15) is 58.3 Å². The maximum Gasteiger partial charge on any atom is 0.410 e. The highest BCUT2D eigenvalue weighted by Gasteiger charge is 2.37. The fraction of sp³-hybridized carbons (Fsp3) is 0.889. The zero-order valence-electron chi connectivity index (χ0n) is 15.8. The third-order valence-electron chi connectivity index (χ3n) is 4.41. The molecule has 0 N–H and O–H groups in total. The number of nitrogens with zero attached hydrogens (tertiary/aromatic N) is 2. The number of alkyl halides is 1. The van der Waals surface area contributed by atoms with Crippen molar-refractivity contribution >= 4 is 28.1 Å². The molecule has 1 heterocycles. The van der Waals surface area contributed by atoms with Gasteiger partial charge in [-0.1, -0.05) is 55.0 Å². The van der Waals surface area contributed by atoms with Crippen molar-refractivity contribution in [3.05, 3.63) is 0 Å². The summed E-state index contributed by atoms with van der Waals surface area (Å²) in [6.45, 7) is 3.07. The smallest absolute Gasteiger partial charge is 0.410 e. The Bertz CT molecular complexity index is 407. The normalized spacial score (nSPS) is 19.8. The summed E-state index contributed by atoms with van der Waals surface area (Å²) in [5, 5.41) is 0.799. The molecule has 1 aliphatic heterocycles. The summed E-state index contributed by atoms with van der Waals surface area (Å²) >= 11 is 3.43. The third kappa shape index (κ3) is 8.29. The van der Waals surface area contributed by atoms with E-state index in [1.807, 2.05) is 0 Å². The summed E-state index contributed by atoms with van der Waals surface area (Å²) < 4.78 is 10.9. The average molecular weight is 421 g/mol. The highest BCUT2D eigenvalue weighted by Crippen LogP contribution is 2.25. The van der Waals surface area contributed by atoms with Gasteiger partial charge in [-0.25, -0.2) is 9.59 Å². The quantitative estimate of drug-likeness (QED) is 0.387. The fourth-order valence-corrected chi connectivity index (χ4v) is 3.48. The Morgan fingerprint density at radius 1 is 1.16 bits per heavy atom. The van der Waals surface area contributed by atoms with E-state index in [9.17, 15) is 9.59 Å². The van der Waals surface area contributed by atoms with Gasteiger partial charge in [-0.3, -0.25) is 0 Å². The molecule has 7 heteroatoms. The molecule has 2 atom stereocenters. The predicted molar refractivity (Wildman–Crippen MR) is 102 cm³/mol. The summed E-state index contributed by atoms with van der Waals surface area (Å²) in [6, 6.07) is 0.0522. The first-order valence-electron chi connectivity index (χ1n) is 9.36. The van der Waals surface area contributed by atoms with Crippen LogP contribution in [0.25, 0.3) is 0 Å². The lowest BCUT2D eigenvalue weighted by Crippen LogP contribution is -2.37. The largest absolute Gasteiger partial charge is 0.449 e. The highest BCUT2D eigenvalue weighted by atomic mass is 79.9. The lowest BCUT2D eigenvalue weighted by atomic mass is 10.1. The second-order valence-electron chi connectivity index (χ2n) is 6.80. The maximum absolute atomic E-state index is 12.4. The molecule has 1 aliphatic rings. The third-order valence-corrected chi connectivity index (χ3v) is 4.87. The zero-order chi connectivity index (χ0) is 18.7. The van der Waals surface area contributed by atoms with Crippen LogP contribution in [-0.4, -0.2) is 66.7 Å². The minimum Gasteiger partial charge on any atom is -0.449 e. The second-order valence-corrected chi connectivity index (χ2v) is 7.59. The molecule has 25 heavy (non-hydrogen) atoms. The minimum absolute atomic E-state index is 0.0522. The van der Waals surface area contributed by atoms with E-state index in [1.165, 1.54) is 30.6 Å². The molecule has 0 spiro atoms. The molecule has 0 radical (unpaired) electrons. The molecule has 0 saturated carbocycles. The number of hydrogen-bond donors (Lipinski definition) is 0. The van der Waals surface area contributed by atoms with Gasteiger partial charge >= 0.3 is 12.2 Å². The monoisotopic (exact) mass is 420 g/mol. The number of ether oxygens (including phenoxy) is 2. The van der Waals surface area contributed by atoms with Crippen LogP contribution in [0.5, 0.6) is 0 Å². The molecule has 6 nitrogen and oxygen atoms in total. The Labute approximate surface area is 160 Å². The fourth-order valence-electron chi connectivity index (χ4n) is 2.96. The standard InChI is InChI=1S/C18H33BrN2O4/c1-4-5-6-7-8-9-12-24-18(23)21-14-16(13-15(21)10-11-19)25-17(22)20(2)3/h15-16H,4-14H2,1-3H3/t15-,16-/m1/s1. The van der Waals surface area contributed by atoms with Gasteiger partial charge in [-0.15, -0.1) is 0 Å². The van der Waals surface area contributed by atoms with Crippen molar-refractivity contribution in [1.82, 2.24) is 9.80 Å². The van der Waals surface area contributed by atoms with Gasteiger partial charge in [0.05, 0.1) is 13.2 Å². The minimum atomic E-state index is -0.370. The van der Waals surface area contributed by atoms with Gasteiger partial charge < -0.3 is 19.3 Å². The van der Waals surface area contributed by atoms with E-state index in [4.69, 9.17) is 9.47 Å². The topological polar surface area (TPSA) is 59.1 Å². The zero-order valence-corrected chi connectivity index (χ0v) is 17.4. The number of carbonyl (C=O) groups excluding carboxylic acids is 2. The van der Waals surface area contributed by atoms with Crippen LogP contribution in [0.4, 0.5) is 9.59 Å². The van der Waals surface area contributed by atoms with E-state index in [0.29, 0.717) is 19.6 Å². The molecular formula is C18H33BrN2O4. The molecular weight excluding hydrogens is 388 g/mol. The van der Waals surface area contributed by atoms with Gasteiger partial charge in [0.1, 0.15) is 6.10 Å². The van der Waals surface area contributed by atoms with E-state index in [-0.39, 0.29) is 24.3 Å². The molecule has 0 bridgehead atoms. The molecule has 0 unspecified atom stereocenters. The van der Waals surface area contributed by atoms with Crippen molar-refractivity contribution in [3.63, 3.8) is 0 Å². The summed E-state index contributed by atoms with van der Waals surface area (Å²) in [6.07, 6.45) is 7.53. The SMILES string of the molecule is CCCCCCCCOC(=O)N1C[C@H](OC(=O)N(C)C)C[C@H]1CCBr. The Balaban J connectivity index is 2.36. The van der Waals surface area contributed by atoms with Crippen molar-refractivity contribution < 1.29 is 19.1 Å². The van der Waals surface area contributed by atoms with Crippen molar-refractivity contribution in [2.45, 2.75) is 70.4 Å². The van der Waals surface area contributed by atoms with E-state index in [2.05, 4.69) is 22.9 Å². The first-order valence-corrected chi connectivity index (χ1v) is 10.5. The first-order chi connectivity index (χ1) is 12.0. The van der Waals surface area contributed by atoms with Crippen molar-refractivity contribution in [2.75, 3.05) is 32.6 Å². The van der Waals surface area contributed by atoms with E-state index in [0.717, 1.165) is 24.6 Å². The summed E-state index contributed by atoms with van der Waals surface area (Å²) in [7, 11) is 3.31. The van der Waals surface area contributed by atoms with Gasteiger partial charge in [0.15, 0.2) is 0 Å². The highest BCUT2D eigenvalue weighted by molar-refractivity contribution is 9.09. The molecule has 1 rings (SSSR count). The Morgan fingerprint density at radius 2 is 1.84 bits per heavy atom. The molecule has 0 aliphatic carbocycles. The van der Waals surface area contributed by atoms with Gasteiger partial charge in [0.2, 0.25) is 0 Å². The number of carbonyl (C=O) groups is 2. The van der Waals surface area contributed by atoms with Crippen LogP contribution >= 0.6 is 15.9 Å². The lowest BCUT2D eigenvalue weighted by Gasteiger charge is -2.23. The van der Waals surface area contributed by atoms with E-state index >= 15 is 0 Å². The molecule has 0 aromatic rings. The molecule has 0 aromatic carbocycles. The van der Waals surface area contributed by atoms with Gasteiger partial charge in [0.25, 0.3) is 0 Å². The van der Waals surface area contributed by atoms with Crippen LogP contribution in [-0.2, 0) is 9.47 Å². The number of hydrogen-bond acceptors (Lipinski definition) is 4. The number of halogens is 1. The Hall–Kier alpha value is -0.980. The predicted octanol–water partition coefficient (Wildman–Crippen LogP) is 4.41. The van der Waals surface area contributed by atoms with Crippen LogP contribution in [0.15, 0.2) is 0 Å². The van der Waals surface area contributed by atoms with Crippen LogP contribution in [0, 0.1) is 0 Å².